The number of benzene rings is 3. The van der Waals surface area contributed by atoms with Gasteiger partial charge in [-0.05, 0) is 93.1 Å². The van der Waals surface area contributed by atoms with Gasteiger partial charge in [0.05, 0.1) is 17.4 Å². The Balaban J connectivity index is 1.26. The van der Waals surface area contributed by atoms with Gasteiger partial charge in [0.25, 0.3) is 11.8 Å². The van der Waals surface area contributed by atoms with Gasteiger partial charge in [-0.2, -0.15) is 5.26 Å². The molecule has 274 valence electrons. The number of carbonyl (C=O) groups is 4. The van der Waals surface area contributed by atoms with Gasteiger partial charge in [0.1, 0.15) is 22.4 Å². The standard InChI is InChI=1S/C41H43N5O5S2/c1-25(2)28-17-15-27(16-18-28)21-34(44-37(48)29-11-8-7-9-12-29)38(49)43-30-13-10-14-31(22-30)52-26(3)36(47)45-39-33(23-42)32-19-20-46(24-35(32)53-39)40(50)51-41(4,5)6/h7-18,21-22,25-26H,19-20,24H2,1-6H3,(H,43,49)(H,44,48)(H,45,47)/b34-21+. The molecule has 4 amide bonds. The highest BCUT2D eigenvalue weighted by molar-refractivity contribution is 8.00. The molecule has 0 saturated heterocycles. The minimum atomic E-state index is -0.622. The topological polar surface area (TPSA) is 141 Å². The summed E-state index contributed by atoms with van der Waals surface area (Å²) in [7, 11) is 0. The fourth-order valence-electron chi connectivity index (χ4n) is 5.50. The van der Waals surface area contributed by atoms with Crippen LogP contribution in [0.15, 0.2) is 89.5 Å². The predicted molar refractivity (Wildman–Crippen MR) is 211 cm³/mol. The first-order valence-corrected chi connectivity index (χ1v) is 19.0. The zero-order valence-corrected chi connectivity index (χ0v) is 32.2. The summed E-state index contributed by atoms with van der Waals surface area (Å²) in [4.78, 5) is 56.0. The smallest absolute Gasteiger partial charge is 0.410 e. The van der Waals surface area contributed by atoms with Crippen LogP contribution in [0.2, 0.25) is 0 Å². The Morgan fingerprint density at radius 3 is 2.34 bits per heavy atom. The third kappa shape index (κ3) is 10.4. The number of nitrogens with one attached hydrogen (secondary N) is 3. The van der Waals surface area contributed by atoms with E-state index in [1.807, 2.05) is 57.2 Å². The van der Waals surface area contributed by atoms with Crippen LogP contribution in [0.25, 0.3) is 6.08 Å². The number of rotatable bonds is 10. The second-order valence-electron chi connectivity index (χ2n) is 13.9. The van der Waals surface area contributed by atoms with Gasteiger partial charge in [-0.1, -0.05) is 62.4 Å². The summed E-state index contributed by atoms with van der Waals surface area (Å²) in [6.45, 7) is 12.1. The number of ether oxygens (including phenoxy) is 1. The molecule has 4 aromatic rings. The summed E-state index contributed by atoms with van der Waals surface area (Å²) < 4.78 is 5.53. The Bertz CT molecular complexity index is 2060. The van der Waals surface area contributed by atoms with Crippen molar-refractivity contribution in [3.05, 3.63) is 117 Å². The zero-order chi connectivity index (χ0) is 38.3. The monoisotopic (exact) mass is 749 g/mol. The first-order valence-electron chi connectivity index (χ1n) is 17.3. The average molecular weight is 750 g/mol. The summed E-state index contributed by atoms with van der Waals surface area (Å²) >= 11 is 2.60. The highest BCUT2D eigenvalue weighted by Gasteiger charge is 2.30. The van der Waals surface area contributed by atoms with Gasteiger partial charge < -0.3 is 25.6 Å². The number of carbonyl (C=O) groups excluding carboxylic acids is 4. The first kappa shape index (κ1) is 38.8. The molecule has 1 atom stereocenters. The van der Waals surface area contributed by atoms with Crippen molar-refractivity contribution in [1.82, 2.24) is 10.2 Å². The molecule has 3 N–H and O–H groups in total. The second kappa shape index (κ2) is 17.0. The number of hydrogen-bond acceptors (Lipinski definition) is 8. The molecule has 0 saturated carbocycles. The molecule has 3 aromatic carbocycles. The minimum Gasteiger partial charge on any atom is -0.444 e. The van der Waals surface area contributed by atoms with Gasteiger partial charge in [-0.15, -0.1) is 23.1 Å². The third-order valence-corrected chi connectivity index (χ3v) is 10.5. The Morgan fingerprint density at radius 2 is 1.68 bits per heavy atom. The molecule has 10 nitrogen and oxygen atoms in total. The van der Waals surface area contributed by atoms with E-state index in [0.29, 0.717) is 47.2 Å². The van der Waals surface area contributed by atoms with Gasteiger partial charge in [0, 0.05) is 27.6 Å². The van der Waals surface area contributed by atoms with Crippen molar-refractivity contribution in [2.45, 2.75) is 76.2 Å². The molecule has 1 aromatic heterocycles. The average Bonchev–Trinajstić information content (AvgIpc) is 3.47. The molecule has 0 aliphatic carbocycles. The van der Waals surface area contributed by atoms with E-state index in [2.05, 4.69) is 35.9 Å². The number of thioether (sulfide) groups is 1. The van der Waals surface area contributed by atoms with E-state index in [9.17, 15) is 24.4 Å². The van der Waals surface area contributed by atoms with E-state index in [1.54, 1.807) is 60.4 Å². The van der Waals surface area contributed by atoms with Gasteiger partial charge in [0.2, 0.25) is 5.91 Å². The maximum Gasteiger partial charge on any atom is 0.410 e. The summed E-state index contributed by atoms with van der Waals surface area (Å²) in [5.41, 5.74) is 3.52. The number of nitriles is 1. The molecule has 1 aliphatic rings. The second-order valence-corrected chi connectivity index (χ2v) is 16.4. The Labute approximate surface area is 318 Å². The van der Waals surface area contributed by atoms with Gasteiger partial charge in [0.15, 0.2) is 0 Å². The van der Waals surface area contributed by atoms with Crippen LogP contribution < -0.4 is 16.0 Å². The largest absolute Gasteiger partial charge is 0.444 e. The lowest BCUT2D eigenvalue weighted by Crippen LogP contribution is -2.39. The van der Waals surface area contributed by atoms with E-state index in [1.165, 1.54) is 23.1 Å². The molecule has 1 aliphatic heterocycles. The maximum atomic E-state index is 13.6. The summed E-state index contributed by atoms with van der Waals surface area (Å²) in [6, 6.07) is 25.8. The number of nitrogens with zero attached hydrogens (tertiary/aromatic N) is 2. The number of fused-ring (bicyclic) bond motifs is 1. The van der Waals surface area contributed by atoms with Crippen molar-refractivity contribution < 1.29 is 23.9 Å². The molecule has 5 rings (SSSR count). The molecule has 0 bridgehead atoms. The van der Waals surface area contributed by atoms with E-state index in [-0.39, 0.29) is 11.6 Å². The van der Waals surface area contributed by atoms with Gasteiger partial charge in [-0.3, -0.25) is 14.4 Å². The van der Waals surface area contributed by atoms with Gasteiger partial charge in [-0.25, -0.2) is 4.79 Å². The van der Waals surface area contributed by atoms with E-state index >= 15 is 0 Å². The van der Waals surface area contributed by atoms with E-state index in [0.717, 1.165) is 26.5 Å². The van der Waals surface area contributed by atoms with Gasteiger partial charge >= 0.3 is 6.09 Å². The molecular weight excluding hydrogens is 707 g/mol. The van der Waals surface area contributed by atoms with Crippen LogP contribution in [0.3, 0.4) is 0 Å². The van der Waals surface area contributed by atoms with E-state index in [4.69, 9.17) is 4.74 Å². The van der Waals surface area contributed by atoms with Crippen molar-refractivity contribution in [2.24, 2.45) is 0 Å². The van der Waals surface area contributed by atoms with Crippen LogP contribution in [-0.2, 0) is 27.3 Å². The fourth-order valence-corrected chi connectivity index (χ4v) is 7.64. The van der Waals surface area contributed by atoms with E-state index < -0.39 is 28.8 Å². The summed E-state index contributed by atoms with van der Waals surface area (Å²) in [5.74, 6) is -0.865. The van der Waals surface area contributed by atoms with Crippen LogP contribution in [0.4, 0.5) is 15.5 Å². The zero-order valence-electron chi connectivity index (χ0n) is 30.6. The van der Waals surface area contributed by atoms with Crippen LogP contribution >= 0.6 is 23.1 Å². The number of amides is 4. The molecule has 1 unspecified atom stereocenters. The number of hydrogen-bond donors (Lipinski definition) is 3. The van der Waals surface area contributed by atoms with Crippen LogP contribution in [0.5, 0.6) is 0 Å². The minimum absolute atomic E-state index is 0.0723. The third-order valence-electron chi connectivity index (χ3n) is 8.27. The molecular formula is C41H43N5O5S2. The molecule has 0 spiro atoms. The lowest BCUT2D eigenvalue weighted by atomic mass is 10.0. The van der Waals surface area contributed by atoms with Crippen molar-refractivity contribution in [1.29, 1.82) is 5.26 Å². The lowest BCUT2D eigenvalue weighted by molar-refractivity contribution is -0.115. The Morgan fingerprint density at radius 1 is 0.962 bits per heavy atom. The SMILES string of the molecule is CC(Sc1cccc(NC(=O)/C(=C\c2ccc(C(C)C)cc2)NC(=O)c2ccccc2)c1)C(=O)Nc1sc2c(c1C#N)CCN(C(=O)OC(C)(C)C)C2. The van der Waals surface area contributed by atoms with Crippen molar-refractivity contribution in [2.75, 3.05) is 17.2 Å². The first-order chi connectivity index (χ1) is 25.2. The highest BCUT2D eigenvalue weighted by atomic mass is 32.2. The molecule has 53 heavy (non-hydrogen) atoms. The summed E-state index contributed by atoms with van der Waals surface area (Å²) in [6.07, 6.45) is 1.71. The molecule has 2 heterocycles. The summed E-state index contributed by atoms with van der Waals surface area (Å²) in [5, 5.41) is 18.5. The Kier molecular flexibility index (Phi) is 12.4. The maximum absolute atomic E-state index is 13.6. The Hall–Kier alpha value is -5.38. The highest BCUT2D eigenvalue weighted by Crippen LogP contribution is 2.38. The fraction of sp³-hybridized carbons (Fsp3) is 0.293. The quantitative estimate of drug-likeness (QED) is 0.109. The predicted octanol–water partition coefficient (Wildman–Crippen LogP) is 8.57. The number of anilines is 2. The number of thiophene rings is 1. The van der Waals surface area contributed by atoms with Crippen LogP contribution in [-0.4, -0.2) is 46.1 Å². The molecule has 0 fully saturated rings. The molecule has 12 heteroatoms. The van der Waals surface area contributed by atoms with Crippen molar-refractivity contribution in [3.63, 3.8) is 0 Å². The van der Waals surface area contributed by atoms with Crippen LogP contribution in [0, 0.1) is 11.3 Å². The molecule has 0 radical (unpaired) electrons. The van der Waals surface area contributed by atoms with Crippen molar-refractivity contribution in [3.8, 4) is 6.07 Å². The lowest BCUT2D eigenvalue weighted by Gasteiger charge is -2.29. The van der Waals surface area contributed by atoms with Crippen molar-refractivity contribution >= 4 is 63.7 Å². The normalized spacial score (nSPS) is 13.4. The van der Waals surface area contributed by atoms with Crippen LogP contribution in [0.1, 0.15) is 84.9 Å².